The lowest BCUT2D eigenvalue weighted by Crippen LogP contribution is -1.93. The van der Waals surface area contributed by atoms with Crippen molar-refractivity contribution in [2.24, 2.45) is 0 Å². The van der Waals surface area contributed by atoms with Gasteiger partial charge in [0.25, 0.3) is 0 Å². The molecule has 0 aromatic heterocycles. The van der Waals surface area contributed by atoms with E-state index in [1.54, 1.807) is 12.1 Å². The van der Waals surface area contributed by atoms with Crippen molar-refractivity contribution >= 4 is 40.1 Å². The van der Waals surface area contributed by atoms with Crippen molar-refractivity contribution < 1.29 is 14.3 Å². The fourth-order valence-corrected chi connectivity index (χ4v) is 2.85. The molecule has 0 aliphatic carbocycles. The molecule has 0 radical (unpaired) electrons. The first kappa shape index (κ1) is 12.6. The lowest BCUT2D eigenvalue weighted by Gasteiger charge is -2.08. The Morgan fingerprint density at radius 2 is 1.53 bits per heavy atom. The van der Waals surface area contributed by atoms with Gasteiger partial charge in [-0.05, 0) is 28.3 Å². The van der Waals surface area contributed by atoms with Gasteiger partial charge in [-0.25, -0.2) is 0 Å². The minimum Gasteiger partial charge on any atom is -0.270 e. The molecule has 0 aliphatic heterocycles. The first-order chi connectivity index (χ1) is 9.04. The van der Waals surface area contributed by atoms with Crippen molar-refractivity contribution in [3.05, 3.63) is 54.6 Å². The zero-order chi connectivity index (χ0) is 13.5. The van der Waals surface area contributed by atoms with E-state index in [1.807, 2.05) is 42.5 Å². The van der Waals surface area contributed by atoms with Crippen LogP contribution < -0.4 is 4.52 Å². The van der Waals surface area contributed by atoms with Crippen molar-refractivity contribution in [2.75, 3.05) is 0 Å². The van der Waals surface area contributed by atoms with Crippen LogP contribution in [0.4, 0.5) is 0 Å². The second-order valence-electron chi connectivity index (χ2n) is 4.20. The van der Waals surface area contributed by atoms with Gasteiger partial charge in [-0.3, -0.25) is 4.52 Å². The predicted octanol–water partition coefficient (Wildman–Crippen LogP) is 4.27. The Morgan fingerprint density at radius 3 is 2.32 bits per heavy atom. The number of hydrogen-bond acceptors (Lipinski definition) is 3. The molecular formula is C14H11ClO3P+. The van der Waals surface area contributed by atoms with Gasteiger partial charge in [0.05, 0.1) is 0 Å². The van der Waals surface area contributed by atoms with E-state index < -0.39 is 7.30 Å². The van der Waals surface area contributed by atoms with Gasteiger partial charge < -0.3 is 0 Å². The molecule has 2 N–H and O–H groups in total. The molecule has 0 bridgehead atoms. The average Bonchev–Trinajstić information content (AvgIpc) is 2.37. The standard InChI is InChI=1S/C14H11ClO3P/c15-19(16,17)18-14-7-3-6-12-11-5-2-1-4-10(11)8-9-13(12)14/h1-9,16-17H/q+1. The minimum atomic E-state index is -3.83. The molecule has 19 heavy (non-hydrogen) atoms. The Balaban J connectivity index is 2.29. The van der Waals surface area contributed by atoms with E-state index >= 15 is 0 Å². The van der Waals surface area contributed by atoms with Crippen LogP contribution in [0.25, 0.3) is 21.5 Å². The topological polar surface area (TPSA) is 49.7 Å². The summed E-state index contributed by atoms with van der Waals surface area (Å²) in [6.07, 6.45) is 0. The summed E-state index contributed by atoms with van der Waals surface area (Å²) in [6.45, 7) is 0. The van der Waals surface area contributed by atoms with Crippen molar-refractivity contribution in [1.82, 2.24) is 0 Å². The van der Waals surface area contributed by atoms with E-state index in [4.69, 9.17) is 15.8 Å². The second kappa shape index (κ2) is 4.62. The molecule has 0 amide bonds. The summed E-state index contributed by atoms with van der Waals surface area (Å²) in [7, 11) is -3.83. The Morgan fingerprint density at radius 1 is 0.789 bits per heavy atom. The molecule has 3 aromatic rings. The lowest BCUT2D eigenvalue weighted by atomic mass is 10.0. The van der Waals surface area contributed by atoms with Gasteiger partial charge in [-0.1, -0.05) is 42.5 Å². The molecule has 0 aliphatic rings. The third-order valence-corrected chi connectivity index (χ3v) is 3.60. The summed E-state index contributed by atoms with van der Waals surface area (Å²) in [5, 5.41) is 3.99. The van der Waals surface area contributed by atoms with E-state index in [2.05, 4.69) is 0 Å². The molecule has 0 spiro atoms. The normalized spacial score (nSPS) is 11.9. The highest BCUT2D eigenvalue weighted by atomic mass is 35.7. The highest BCUT2D eigenvalue weighted by Gasteiger charge is 2.35. The molecule has 0 saturated carbocycles. The third-order valence-electron chi connectivity index (χ3n) is 2.96. The summed E-state index contributed by atoms with van der Waals surface area (Å²) in [5.74, 6) is 0.372. The highest BCUT2D eigenvalue weighted by Crippen LogP contribution is 2.57. The van der Waals surface area contributed by atoms with Gasteiger partial charge in [0.1, 0.15) is 0 Å². The molecule has 0 unspecified atom stereocenters. The van der Waals surface area contributed by atoms with Crippen LogP contribution >= 0.6 is 18.5 Å². The smallest absolute Gasteiger partial charge is 0.270 e. The molecule has 3 rings (SSSR count). The van der Waals surface area contributed by atoms with E-state index in [0.29, 0.717) is 5.75 Å². The van der Waals surface area contributed by atoms with Crippen molar-refractivity contribution in [2.45, 2.75) is 0 Å². The first-order valence-electron chi connectivity index (χ1n) is 5.69. The predicted molar refractivity (Wildman–Crippen MR) is 79.3 cm³/mol. The quantitative estimate of drug-likeness (QED) is 0.548. The summed E-state index contributed by atoms with van der Waals surface area (Å²) < 4.78 is 5.05. The molecule has 96 valence electrons. The van der Waals surface area contributed by atoms with Gasteiger partial charge in [-0.15, -0.1) is 0 Å². The van der Waals surface area contributed by atoms with Crippen LogP contribution in [0.3, 0.4) is 0 Å². The van der Waals surface area contributed by atoms with E-state index in [1.165, 1.54) is 0 Å². The van der Waals surface area contributed by atoms with E-state index in [0.717, 1.165) is 21.5 Å². The third kappa shape index (κ3) is 2.51. The minimum absolute atomic E-state index is 0.372. The monoisotopic (exact) mass is 293 g/mol. The number of fused-ring (bicyclic) bond motifs is 3. The van der Waals surface area contributed by atoms with Crippen molar-refractivity contribution in [3.8, 4) is 5.75 Å². The lowest BCUT2D eigenvalue weighted by molar-refractivity contribution is 0.365. The molecule has 0 fully saturated rings. The van der Waals surface area contributed by atoms with Crippen molar-refractivity contribution in [3.63, 3.8) is 0 Å². The van der Waals surface area contributed by atoms with Gasteiger partial charge in [0.15, 0.2) is 5.75 Å². The number of rotatable bonds is 2. The average molecular weight is 294 g/mol. The fraction of sp³-hybridized carbons (Fsp3) is 0. The molecule has 5 heteroatoms. The molecule has 0 atom stereocenters. The van der Waals surface area contributed by atoms with Crippen LogP contribution in [0.5, 0.6) is 5.75 Å². The van der Waals surface area contributed by atoms with Crippen molar-refractivity contribution in [1.29, 1.82) is 0 Å². The Bertz CT molecular complexity index is 752. The number of hydrogen-bond donors (Lipinski definition) is 2. The summed E-state index contributed by atoms with van der Waals surface area (Å²) in [5.41, 5.74) is 0. The SMILES string of the molecule is O[P+](O)(Cl)Oc1cccc2c1ccc1ccccc12. The Hall–Kier alpha value is -1.38. The van der Waals surface area contributed by atoms with Gasteiger partial charge in [0, 0.05) is 5.39 Å². The summed E-state index contributed by atoms with van der Waals surface area (Å²) in [4.78, 5) is 18.5. The van der Waals surface area contributed by atoms with Crippen LogP contribution in [0, 0.1) is 0 Å². The van der Waals surface area contributed by atoms with Crippen LogP contribution in [-0.4, -0.2) is 9.79 Å². The summed E-state index contributed by atoms with van der Waals surface area (Å²) in [6, 6.07) is 17.3. The first-order valence-corrected chi connectivity index (χ1v) is 8.21. The zero-order valence-electron chi connectivity index (χ0n) is 9.82. The maximum absolute atomic E-state index is 9.25. The largest absolute Gasteiger partial charge is 0.563 e. The maximum atomic E-state index is 9.25. The Labute approximate surface area is 115 Å². The van der Waals surface area contributed by atoms with Gasteiger partial charge in [0.2, 0.25) is 11.2 Å². The zero-order valence-corrected chi connectivity index (χ0v) is 11.5. The second-order valence-corrected chi connectivity index (χ2v) is 6.65. The molecule has 3 aromatic carbocycles. The molecule has 0 saturated heterocycles. The fourth-order valence-electron chi connectivity index (χ4n) is 2.22. The van der Waals surface area contributed by atoms with Crippen LogP contribution in [-0.2, 0) is 0 Å². The van der Waals surface area contributed by atoms with Gasteiger partial charge >= 0.3 is 7.30 Å². The summed E-state index contributed by atoms with van der Waals surface area (Å²) >= 11 is 5.39. The van der Waals surface area contributed by atoms with Crippen LogP contribution in [0.2, 0.25) is 0 Å². The molecule has 0 heterocycles. The molecule has 3 nitrogen and oxygen atoms in total. The van der Waals surface area contributed by atoms with Crippen LogP contribution in [0.15, 0.2) is 54.6 Å². The van der Waals surface area contributed by atoms with E-state index in [9.17, 15) is 9.79 Å². The number of halogens is 1. The van der Waals surface area contributed by atoms with Crippen LogP contribution in [0.1, 0.15) is 0 Å². The number of benzene rings is 3. The van der Waals surface area contributed by atoms with Gasteiger partial charge in [-0.2, -0.15) is 9.79 Å². The van der Waals surface area contributed by atoms with E-state index in [-0.39, 0.29) is 0 Å². The highest BCUT2D eigenvalue weighted by molar-refractivity contribution is 7.86. The Kier molecular flexibility index (Phi) is 3.08. The molecular weight excluding hydrogens is 283 g/mol. The maximum Gasteiger partial charge on any atom is 0.563 e.